The molecule has 0 unspecified atom stereocenters. The molecule has 2 aromatic rings. The standard InChI is InChI=1S/C14H10N4O4S/c1-7-4-5-15-14(16-7)23-10-3-2-8(22-10)6-9-11(19)17-13(21)18-12(9)20/h2-6H,1H3,(H2,17,18,19,20,21). The first kappa shape index (κ1) is 15.0. The molecule has 0 aromatic carbocycles. The number of furan rings is 1. The Labute approximate surface area is 134 Å². The number of urea groups is 1. The largest absolute Gasteiger partial charge is 0.450 e. The molecule has 0 aliphatic carbocycles. The van der Waals surface area contributed by atoms with Crippen LogP contribution in [0.3, 0.4) is 0 Å². The van der Waals surface area contributed by atoms with Crippen molar-refractivity contribution in [3.63, 3.8) is 0 Å². The van der Waals surface area contributed by atoms with Crippen LogP contribution >= 0.6 is 11.8 Å². The van der Waals surface area contributed by atoms with Crippen LogP contribution in [0.2, 0.25) is 0 Å². The highest BCUT2D eigenvalue weighted by atomic mass is 32.2. The van der Waals surface area contributed by atoms with E-state index in [0.717, 1.165) is 5.69 Å². The van der Waals surface area contributed by atoms with Gasteiger partial charge in [0.05, 0.1) is 0 Å². The van der Waals surface area contributed by atoms with E-state index in [1.165, 1.54) is 17.8 Å². The fraction of sp³-hybridized carbons (Fsp3) is 0.0714. The number of rotatable bonds is 3. The summed E-state index contributed by atoms with van der Waals surface area (Å²) in [7, 11) is 0. The van der Waals surface area contributed by atoms with Crippen LogP contribution in [0, 0.1) is 6.92 Å². The van der Waals surface area contributed by atoms with Crippen LogP contribution in [0.4, 0.5) is 4.79 Å². The topological polar surface area (TPSA) is 114 Å². The maximum atomic E-state index is 11.6. The average molecular weight is 330 g/mol. The number of aryl methyl sites for hydroxylation is 1. The van der Waals surface area contributed by atoms with E-state index in [-0.39, 0.29) is 5.57 Å². The Morgan fingerprint density at radius 1 is 1.13 bits per heavy atom. The molecule has 9 heteroatoms. The molecule has 0 bridgehead atoms. The van der Waals surface area contributed by atoms with Crippen molar-refractivity contribution in [3.05, 3.63) is 41.4 Å². The van der Waals surface area contributed by atoms with E-state index < -0.39 is 17.8 Å². The summed E-state index contributed by atoms with van der Waals surface area (Å²) in [5.74, 6) is -1.24. The predicted octanol–water partition coefficient (Wildman–Crippen LogP) is 1.28. The third-order valence-electron chi connectivity index (χ3n) is 2.80. The van der Waals surface area contributed by atoms with E-state index in [9.17, 15) is 14.4 Å². The van der Waals surface area contributed by atoms with Gasteiger partial charge in [0.2, 0.25) is 0 Å². The van der Waals surface area contributed by atoms with Gasteiger partial charge in [0, 0.05) is 11.9 Å². The summed E-state index contributed by atoms with van der Waals surface area (Å²) < 4.78 is 5.52. The number of carbonyl (C=O) groups is 3. The van der Waals surface area contributed by atoms with Crippen molar-refractivity contribution in [1.82, 2.24) is 20.6 Å². The normalized spacial score (nSPS) is 14.5. The minimum atomic E-state index is -0.843. The van der Waals surface area contributed by atoms with Gasteiger partial charge in [-0.2, -0.15) is 0 Å². The first-order valence-corrected chi connectivity index (χ1v) is 7.28. The van der Waals surface area contributed by atoms with Gasteiger partial charge in [0.15, 0.2) is 10.2 Å². The Morgan fingerprint density at radius 3 is 2.57 bits per heavy atom. The van der Waals surface area contributed by atoms with Gasteiger partial charge >= 0.3 is 6.03 Å². The quantitative estimate of drug-likeness (QED) is 0.495. The fourth-order valence-corrected chi connectivity index (χ4v) is 2.54. The molecule has 0 saturated carbocycles. The van der Waals surface area contributed by atoms with Gasteiger partial charge in [-0.3, -0.25) is 20.2 Å². The maximum Gasteiger partial charge on any atom is 0.328 e. The van der Waals surface area contributed by atoms with Crippen molar-refractivity contribution in [2.75, 3.05) is 0 Å². The molecule has 116 valence electrons. The Kier molecular flexibility index (Phi) is 3.94. The summed E-state index contributed by atoms with van der Waals surface area (Å²) in [6, 6.07) is 4.21. The molecule has 2 aromatic heterocycles. The molecule has 1 fully saturated rings. The van der Waals surface area contributed by atoms with Crippen LogP contribution in [-0.2, 0) is 9.59 Å². The molecule has 0 atom stereocenters. The van der Waals surface area contributed by atoms with Crippen molar-refractivity contribution in [1.29, 1.82) is 0 Å². The second-order valence-electron chi connectivity index (χ2n) is 4.53. The molecule has 3 rings (SSSR count). The van der Waals surface area contributed by atoms with Gasteiger partial charge in [-0.15, -0.1) is 0 Å². The van der Waals surface area contributed by atoms with E-state index in [1.54, 1.807) is 24.4 Å². The molecule has 0 radical (unpaired) electrons. The molecule has 1 saturated heterocycles. The lowest BCUT2D eigenvalue weighted by atomic mass is 10.1. The molecular weight excluding hydrogens is 320 g/mol. The lowest BCUT2D eigenvalue weighted by Gasteiger charge is -2.13. The first-order chi connectivity index (χ1) is 11.0. The molecule has 4 amide bonds. The third kappa shape index (κ3) is 3.46. The van der Waals surface area contributed by atoms with Crippen LogP contribution < -0.4 is 10.6 Å². The lowest BCUT2D eigenvalue weighted by molar-refractivity contribution is -0.123. The summed E-state index contributed by atoms with van der Waals surface area (Å²) in [6.45, 7) is 1.85. The Bertz CT molecular complexity index is 821. The van der Waals surface area contributed by atoms with E-state index in [1.807, 2.05) is 17.6 Å². The highest BCUT2D eigenvalue weighted by molar-refractivity contribution is 7.99. The van der Waals surface area contributed by atoms with Gasteiger partial charge in [-0.1, -0.05) is 0 Å². The second kappa shape index (κ2) is 6.05. The van der Waals surface area contributed by atoms with Gasteiger partial charge in [-0.25, -0.2) is 14.8 Å². The summed E-state index contributed by atoms with van der Waals surface area (Å²) in [6.07, 6.45) is 2.91. The number of aromatic nitrogens is 2. The zero-order valence-corrected chi connectivity index (χ0v) is 12.6. The van der Waals surface area contributed by atoms with Crippen molar-refractivity contribution in [3.8, 4) is 0 Å². The highest BCUT2D eigenvalue weighted by Gasteiger charge is 2.28. The Morgan fingerprint density at radius 2 is 1.87 bits per heavy atom. The Hall–Kier alpha value is -2.94. The molecular formula is C14H10N4O4S. The molecule has 0 spiro atoms. The summed E-state index contributed by atoms with van der Waals surface area (Å²) in [5, 5.41) is 5.01. The number of hydrogen-bond acceptors (Lipinski definition) is 7. The van der Waals surface area contributed by atoms with Gasteiger partial charge in [-0.05, 0) is 43.0 Å². The average Bonchev–Trinajstić information content (AvgIpc) is 2.90. The van der Waals surface area contributed by atoms with Crippen LogP contribution in [0.5, 0.6) is 0 Å². The third-order valence-corrected chi connectivity index (χ3v) is 3.60. The zero-order chi connectivity index (χ0) is 16.4. The van der Waals surface area contributed by atoms with Crippen LogP contribution in [-0.4, -0.2) is 27.8 Å². The summed E-state index contributed by atoms with van der Waals surface area (Å²) in [4.78, 5) is 42.6. The monoisotopic (exact) mass is 330 g/mol. The molecule has 1 aliphatic heterocycles. The summed E-state index contributed by atoms with van der Waals surface area (Å²) in [5.41, 5.74) is 0.624. The van der Waals surface area contributed by atoms with E-state index >= 15 is 0 Å². The first-order valence-electron chi connectivity index (χ1n) is 6.47. The van der Waals surface area contributed by atoms with Crippen molar-refractivity contribution >= 4 is 35.7 Å². The fourth-order valence-electron chi connectivity index (χ4n) is 1.78. The number of nitrogens with one attached hydrogen (secondary N) is 2. The van der Waals surface area contributed by atoms with Gasteiger partial charge < -0.3 is 4.42 Å². The molecule has 1 aliphatic rings. The van der Waals surface area contributed by atoms with E-state index in [0.29, 0.717) is 16.0 Å². The molecule has 23 heavy (non-hydrogen) atoms. The maximum absolute atomic E-state index is 11.6. The van der Waals surface area contributed by atoms with Crippen molar-refractivity contribution in [2.45, 2.75) is 17.2 Å². The molecule has 2 N–H and O–H groups in total. The van der Waals surface area contributed by atoms with E-state index in [2.05, 4.69) is 9.97 Å². The number of hydrogen-bond donors (Lipinski definition) is 2. The van der Waals surface area contributed by atoms with Crippen molar-refractivity contribution in [2.24, 2.45) is 0 Å². The second-order valence-corrected chi connectivity index (χ2v) is 5.51. The molecule has 3 heterocycles. The zero-order valence-electron chi connectivity index (χ0n) is 11.8. The number of nitrogens with zero attached hydrogens (tertiary/aromatic N) is 2. The predicted molar refractivity (Wildman–Crippen MR) is 79.3 cm³/mol. The minimum Gasteiger partial charge on any atom is -0.450 e. The number of carbonyl (C=O) groups excluding carboxylic acids is 3. The number of imide groups is 2. The Balaban J connectivity index is 1.79. The SMILES string of the molecule is Cc1ccnc(Sc2ccc(C=C3C(=O)NC(=O)NC3=O)o2)n1. The highest BCUT2D eigenvalue weighted by Crippen LogP contribution is 2.27. The minimum absolute atomic E-state index is 0.206. The van der Waals surface area contributed by atoms with Gasteiger partial charge in [0.1, 0.15) is 11.3 Å². The van der Waals surface area contributed by atoms with Crippen LogP contribution in [0.15, 0.2) is 44.6 Å². The van der Waals surface area contributed by atoms with Crippen LogP contribution in [0.1, 0.15) is 11.5 Å². The van der Waals surface area contributed by atoms with Crippen molar-refractivity contribution < 1.29 is 18.8 Å². The molecule has 8 nitrogen and oxygen atoms in total. The smallest absolute Gasteiger partial charge is 0.328 e. The van der Waals surface area contributed by atoms with E-state index in [4.69, 9.17) is 4.42 Å². The van der Waals surface area contributed by atoms with Gasteiger partial charge in [0.25, 0.3) is 11.8 Å². The number of barbiturate groups is 1. The number of amides is 4. The van der Waals surface area contributed by atoms with Crippen LogP contribution in [0.25, 0.3) is 6.08 Å². The lowest BCUT2D eigenvalue weighted by Crippen LogP contribution is -2.51. The summed E-state index contributed by atoms with van der Waals surface area (Å²) >= 11 is 1.21.